The summed E-state index contributed by atoms with van der Waals surface area (Å²) in [6.45, 7) is 7.95. The topological polar surface area (TPSA) is 41.1 Å². The Kier molecular flexibility index (Phi) is 6.67. The van der Waals surface area contributed by atoms with Crippen molar-refractivity contribution in [3.8, 4) is 0 Å². The molecule has 3 nitrogen and oxygen atoms in total. The van der Waals surface area contributed by atoms with Gasteiger partial charge in [-0.1, -0.05) is 19.3 Å². The fraction of sp³-hybridized carbons (Fsp3) is 0.933. The van der Waals surface area contributed by atoms with E-state index in [9.17, 15) is 4.79 Å². The summed E-state index contributed by atoms with van der Waals surface area (Å²) in [5, 5.41) is 6.48. The average Bonchev–Trinajstić information content (AvgIpc) is 2.36. The highest BCUT2D eigenvalue weighted by Crippen LogP contribution is 2.37. The number of hydrogen-bond acceptors (Lipinski definition) is 3. The second-order valence-corrected chi connectivity index (χ2v) is 7.93. The lowest BCUT2D eigenvalue weighted by Crippen LogP contribution is -2.43. The Morgan fingerprint density at radius 2 is 1.84 bits per heavy atom. The molecule has 1 saturated carbocycles. The molecule has 0 radical (unpaired) electrons. The van der Waals surface area contributed by atoms with Crippen LogP contribution in [0, 0.1) is 0 Å². The van der Waals surface area contributed by atoms with Gasteiger partial charge in [0.25, 0.3) is 0 Å². The Balaban J connectivity index is 2.25. The van der Waals surface area contributed by atoms with E-state index < -0.39 is 0 Å². The maximum absolute atomic E-state index is 11.9. The molecule has 0 spiro atoms. The minimum absolute atomic E-state index is 0.0874. The molecule has 0 atom stereocenters. The second-order valence-electron chi connectivity index (χ2n) is 6.65. The highest BCUT2D eigenvalue weighted by Gasteiger charge is 2.31. The minimum Gasteiger partial charge on any atom is -0.355 e. The van der Waals surface area contributed by atoms with Gasteiger partial charge in [-0.3, -0.25) is 4.79 Å². The van der Waals surface area contributed by atoms with Crippen molar-refractivity contribution in [1.29, 1.82) is 0 Å². The van der Waals surface area contributed by atoms with Gasteiger partial charge in [-0.2, -0.15) is 11.8 Å². The molecule has 1 fully saturated rings. The number of rotatable bonds is 6. The molecule has 1 aliphatic carbocycles. The molecule has 0 aromatic rings. The zero-order valence-corrected chi connectivity index (χ0v) is 13.8. The molecular formula is C15H30N2OS. The van der Waals surface area contributed by atoms with Crippen LogP contribution >= 0.6 is 11.8 Å². The van der Waals surface area contributed by atoms with Gasteiger partial charge in [-0.05, 0) is 39.9 Å². The van der Waals surface area contributed by atoms with E-state index in [4.69, 9.17) is 0 Å². The molecule has 4 heteroatoms. The zero-order chi connectivity index (χ0) is 14.4. The van der Waals surface area contributed by atoms with E-state index in [0.717, 1.165) is 13.1 Å². The Morgan fingerprint density at radius 3 is 2.37 bits per heavy atom. The fourth-order valence-corrected chi connectivity index (χ4v) is 3.46. The van der Waals surface area contributed by atoms with E-state index in [-0.39, 0.29) is 11.4 Å². The monoisotopic (exact) mass is 286 g/mol. The van der Waals surface area contributed by atoms with Crippen molar-refractivity contribution in [2.75, 3.05) is 19.3 Å². The van der Waals surface area contributed by atoms with Crippen LogP contribution in [0.15, 0.2) is 0 Å². The summed E-state index contributed by atoms with van der Waals surface area (Å²) in [4.78, 5) is 11.9. The highest BCUT2D eigenvalue weighted by molar-refractivity contribution is 8.00. The lowest BCUT2D eigenvalue weighted by molar-refractivity contribution is -0.121. The largest absolute Gasteiger partial charge is 0.355 e. The summed E-state index contributed by atoms with van der Waals surface area (Å²) >= 11 is 1.93. The Morgan fingerprint density at radius 1 is 1.21 bits per heavy atom. The molecule has 1 aliphatic rings. The average molecular weight is 286 g/mol. The van der Waals surface area contributed by atoms with Gasteiger partial charge < -0.3 is 10.6 Å². The lowest BCUT2D eigenvalue weighted by Gasteiger charge is -2.35. The van der Waals surface area contributed by atoms with E-state index >= 15 is 0 Å². The van der Waals surface area contributed by atoms with Crippen molar-refractivity contribution < 1.29 is 4.79 Å². The van der Waals surface area contributed by atoms with Crippen LogP contribution < -0.4 is 10.6 Å². The van der Waals surface area contributed by atoms with Gasteiger partial charge in [-0.15, -0.1) is 0 Å². The molecule has 1 rings (SSSR count). The van der Waals surface area contributed by atoms with Crippen molar-refractivity contribution in [1.82, 2.24) is 10.6 Å². The zero-order valence-electron chi connectivity index (χ0n) is 13.0. The number of amides is 1. The lowest BCUT2D eigenvalue weighted by atomic mass is 9.88. The van der Waals surface area contributed by atoms with Crippen LogP contribution in [-0.2, 0) is 4.79 Å². The Labute approximate surface area is 122 Å². The van der Waals surface area contributed by atoms with Gasteiger partial charge in [0.15, 0.2) is 0 Å². The van der Waals surface area contributed by atoms with Gasteiger partial charge in [0, 0.05) is 29.8 Å². The van der Waals surface area contributed by atoms with Crippen LogP contribution in [0.3, 0.4) is 0 Å². The quantitative estimate of drug-likeness (QED) is 0.789. The van der Waals surface area contributed by atoms with E-state index in [1.807, 2.05) is 11.8 Å². The molecule has 0 bridgehead atoms. The molecule has 0 saturated heterocycles. The van der Waals surface area contributed by atoms with Crippen molar-refractivity contribution in [3.63, 3.8) is 0 Å². The van der Waals surface area contributed by atoms with Crippen molar-refractivity contribution >= 4 is 17.7 Å². The van der Waals surface area contributed by atoms with E-state index in [1.165, 1.54) is 32.1 Å². The van der Waals surface area contributed by atoms with Crippen LogP contribution in [0.1, 0.15) is 59.3 Å². The highest BCUT2D eigenvalue weighted by atomic mass is 32.2. The predicted octanol–water partition coefficient (Wildman–Crippen LogP) is 2.95. The minimum atomic E-state index is 0.0874. The first-order valence-electron chi connectivity index (χ1n) is 7.44. The third-order valence-electron chi connectivity index (χ3n) is 3.81. The van der Waals surface area contributed by atoms with Crippen LogP contribution in [-0.4, -0.2) is 35.5 Å². The van der Waals surface area contributed by atoms with Crippen molar-refractivity contribution in [3.05, 3.63) is 0 Å². The van der Waals surface area contributed by atoms with Crippen molar-refractivity contribution in [2.24, 2.45) is 0 Å². The van der Waals surface area contributed by atoms with Crippen LogP contribution in [0.2, 0.25) is 0 Å². The first-order chi connectivity index (χ1) is 8.87. The van der Waals surface area contributed by atoms with E-state index in [1.54, 1.807) is 0 Å². The van der Waals surface area contributed by atoms with Gasteiger partial charge in [0.1, 0.15) is 0 Å². The van der Waals surface area contributed by atoms with Gasteiger partial charge in [-0.25, -0.2) is 0 Å². The Hall–Kier alpha value is -0.220. The number of carbonyl (C=O) groups excluding carboxylic acids is 1. The maximum Gasteiger partial charge on any atom is 0.221 e. The molecule has 0 heterocycles. The number of nitrogens with one attached hydrogen (secondary N) is 2. The fourth-order valence-electron chi connectivity index (χ4n) is 2.55. The molecule has 0 aliphatic heterocycles. The molecule has 0 aromatic carbocycles. The summed E-state index contributed by atoms with van der Waals surface area (Å²) in [6.07, 6.45) is 9.21. The third-order valence-corrected chi connectivity index (χ3v) is 5.23. The summed E-state index contributed by atoms with van der Waals surface area (Å²) in [7, 11) is 0. The van der Waals surface area contributed by atoms with Crippen LogP contribution in [0.25, 0.3) is 0 Å². The summed E-state index contributed by atoms with van der Waals surface area (Å²) in [5.41, 5.74) is 0.0874. The maximum atomic E-state index is 11.9. The number of carbonyl (C=O) groups is 1. The predicted molar refractivity (Wildman–Crippen MR) is 84.7 cm³/mol. The summed E-state index contributed by atoms with van der Waals surface area (Å²) < 4.78 is 0.297. The number of thioether (sulfide) groups is 1. The van der Waals surface area contributed by atoms with Gasteiger partial charge in [0.05, 0.1) is 0 Å². The van der Waals surface area contributed by atoms with Crippen molar-refractivity contribution in [2.45, 2.75) is 69.6 Å². The normalized spacial score (nSPS) is 19.2. The molecule has 19 heavy (non-hydrogen) atoms. The molecule has 112 valence electrons. The van der Waals surface area contributed by atoms with Crippen LogP contribution in [0.5, 0.6) is 0 Å². The molecule has 1 amide bonds. The van der Waals surface area contributed by atoms with E-state index in [0.29, 0.717) is 11.2 Å². The first kappa shape index (κ1) is 16.8. The molecule has 0 aromatic heterocycles. The summed E-state index contributed by atoms with van der Waals surface area (Å²) in [6, 6.07) is 0. The molecular weight excluding hydrogens is 256 g/mol. The van der Waals surface area contributed by atoms with Gasteiger partial charge in [0.2, 0.25) is 5.91 Å². The second kappa shape index (κ2) is 7.53. The molecule has 0 unspecified atom stereocenters. The third kappa shape index (κ3) is 6.66. The van der Waals surface area contributed by atoms with E-state index in [2.05, 4.69) is 37.7 Å². The molecule has 2 N–H and O–H groups in total. The Bertz CT molecular complexity index is 280. The smallest absolute Gasteiger partial charge is 0.221 e. The number of hydrogen-bond donors (Lipinski definition) is 2. The van der Waals surface area contributed by atoms with Crippen LogP contribution in [0.4, 0.5) is 0 Å². The summed E-state index contributed by atoms with van der Waals surface area (Å²) in [5.74, 6) is 0.177. The first-order valence-corrected chi connectivity index (χ1v) is 8.66. The SMILES string of the molecule is CSC1(CNC(=O)CCNC(C)(C)C)CCCCC1. The standard InChI is InChI=1S/C15H30N2OS/c1-14(2,3)17-11-8-13(18)16-12-15(19-4)9-6-5-7-10-15/h17H,5-12H2,1-4H3,(H,16,18). The van der Waals surface area contributed by atoms with Gasteiger partial charge >= 0.3 is 0 Å².